The molecular weight excluding hydrogens is 272 g/mol. The maximum atomic E-state index is 4.43. The molecule has 22 heavy (non-hydrogen) atoms. The van der Waals surface area contributed by atoms with Crippen molar-refractivity contribution in [2.75, 3.05) is 33.2 Å². The molecule has 1 saturated carbocycles. The van der Waals surface area contributed by atoms with Gasteiger partial charge in [-0.1, -0.05) is 25.8 Å². The molecule has 126 valence electrons. The van der Waals surface area contributed by atoms with Gasteiger partial charge in [0.15, 0.2) is 5.96 Å². The zero-order valence-electron chi connectivity index (χ0n) is 14.5. The van der Waals surface area contributed by atoms with Crippen molar-refractivity contribution in [1.82, 2.24) is 15.5 Å². The van der Waals surface area contributed by atoms with E-state index in [4.69, 9.17) is 0 Å². The number of rotatable bonds is 6. The Morgan fingerprint density at radius 2 is 2.00 bits per heavy atom. The third-order valence-electron chi connectivity index (χ3n) is 5.58. The van der Waals surface area contributed by atoms with Gasteiger partial charge in [0, 0.05) is 39.3 Å². The van der Waals surface area contributed by atoms with Gasteiger partial charge in [-0.05, 0) is 37.5 Å². The second-order valence-corrected chi connectivity index (χ2v) is 6.99. The molecule has 0 aromatic carbocycles. The average Bonchev–Trinajstić information content (AvgIpc) is 3.03. The number of nitrogens with zero attached hydrogens (tertiary/aromatic N) is 2. The Morgan fingerprint density at radius 1 is 1.32 bits per heavy atom. The number of guanidine groups is 1. The SMILES string of the molecule is C=CCN1CCC(NC(=NC)NCC2(CC)CCCC2)CC1. The van der Waals surface area contributed by atoms with Gasteiger partial charge in [0.25, 0.3) is 0 Å². The van der Waals surface area contributed by atoms with E-state index < -0.39 is 0 Å². The lowest BCUT2D eigenvalue weighted by Gasteiger charge is -2.33. The summed E-state index contributed by atoms with van der Waals surface area (Å²) in [5.74, 6) is 0.988. The van der Waals surface area contributed by atoms with Gasteiger partial charge < -0.3 is 10.6 Å². The molecule has 0 bridgehead atoms. The third-order valence-corrected chi connectivity index (χ3v) is 5.58. The molecule has 0 atom stereocenters. The summed E-state index contributed by atoms with van der Waals surface area (Å²) in [5.41, 5.74) is 0.505. The van der Waals surface area contributed by atoms with Gasteiger partial charge in [-0.3, -0.25) is 9.89 Å². The highest BCUT2D eigenvalue weighted by molar-refractivity contribution is 5.80. The van der Waals surface area contributed by atoms with E-state index in [0.29, 0.717) is 11.5 Å². The van der Waals surface area contributed by atoms with E-state index in [0.717, 1.165) is 32.1 Å². The molecule has 2 N–H and O–H groups in total. The summed E-state index contributed by atoms with van der Waals surface area (Å²) in [7, 11) is 1.88. The first kappa shape index (κ1) is 17.3. The molecule has 4 heteroatoms. The molecule has 2 aliphatic rings. The van der Waals surface area contributed by atoms with Crippen LogP contribution in [0.5, 0.6) is 0 Å². The van der Waals surface area contributed by atoms with Crippen LogP contribution in [0, 0.1) is 5.41 Å². The highest BCUT2D eigenvalue weighted by atomic mass is 15.2. The normalized spacial score (nSPS) is 23.5. The minimum absolute atomic E-state index is 0.505. The minimum Gasteiger partial charge on any atom is -0.356 e. The van der Waals surface area contributed by atoms with Gasteiger partial charge in [0.05, 0.1) is 0 Å². The Bertz CT molecular complexity index is 363. The third kappa shape index (κ3) is 4.73. The fourth-order valence-corrected chi connectivity index (χ4v) is 3.88. The standard InChI is InChI=1S/C18H34N4/c1-4-12-22-13-8-16(9-14-22)21-17(19-3)20-15-18(5-2)10-6-7-11-18/h4,16H,1,5-15H2,2-3H3,(H2,19,20,21). The largest absolute Gasteiger partial charge is 0.356 e. The van der Waals surface area contributed by atoms with E-state index in [2.05, 4.69) is 34.0 Å². The summed E-state index contributed by atoms with van der Waals surface area (Å²) in [4.78, 5) is 6.89. The average molecular weight is 306 g/mol. The van der Waals surface area contributed by atoms with Crippen LogP contribution in [0.1, 0.15) is 51.9 Å². The molecule has 0 aromatic rings. The number of nitrogens with one attached hydrogen (secondary N) is 2. The van der Waals surface area contributed by atoms with Crippen molar-refractivity contribution >= 4 is 5.96 Å². The number of aliphatic imine (C=N–C) groups is 1. The molecule has 2 fully saturated rings. The molecule has 1 aliphatic carbocycles. The molecule has 1 saturated heterocycles. The Kier molecular flexibility index (Phi) is 6.74. The predicted molar refractivity (Wildman–Crippen MR) is 95.3 cm³/mol. The smallest absolute Gasteiger partial charge is 0.191 e. The summed E-state index contributed by atoms with van der Waals surface area (Å²) in [6.45, 7) is 10.5. The zero-order chi connectivity index (χ0) is 15.8. The van der Waals surface area contributed by atoms with Crippen molar-refractivity contribution in [2.24, 2.45) is 10.4 Å². The van der Waals surface area contributed by atoms with E-state index in [1.54, 1.807) is 0 Å². The van der Waals surface area contributed by atoms with Gasteiger partial charge in [0.1, 0.15) is 0 Å². The van der Waals surface area contributed by atoms with Gasteiger partial charge in [-0.25, -0.2) is 0 Å². The summed E-state index contributed by atoms with van der Waals surface area (Å²) < 4.78 is 0. The molecule has 1 heterocycles. The number of likely N-dealkylation sites (tertiary alicyclic amines) is 1. The van der Waals surface area contributed by atoms with Crippen molar-refractivity contribution in [3.05, 3.63) is 12.7 Å². The summed E-state index contributed by atoms with van der Waals surface area (Å²) >= 11 is 0. The second-order valence-electron chi connectivity index (χ2n) is 6.99. The minimum atomic E-state index is 0.505. The van der Waals surface area contributed by atoms with Crippen molar-refractivity contribution in [1.29, 1.82) is 0 Å². The van der Waals surface area contributed by atoms with Crippen LogP contribution in [0.4, 0.5) is 0 Å². The fraction of sp³-hybridized carbons (Fsp3) is 0.833. The highest BCUT2D eigenvalue weighted by Crippen LogP contribution is 2.40. The lowest BCUT2D eigenvalue weighted by molar-refractivity contribution is 0.224. The number of hydrogen-bond donors (Lipinski definition) is 2. The predicted octanol–water partition coefficient (Wildman–Crippen LogP) is 2.77. The molecule has 0 amide bonds. The molecule has 0 unspecified atom stereocenters. The van der Waals surface area contributed by atoms with E-state index >= 15 is 0 Å². The van der Waals surface area contributed by atoms with Crippen LogP contribution < -0.4 is 10.6 Å². The van der Waals surface area contributed by atoms with Crippen LogP contribution in [-0.4, -0.2) is 50.1 Å². The lowest BCUT2D eigenvalue weighted by Crippen LogP contribution is -2.50. The first-order chi connectivity index (χ1) is 10.7. The van der Waals surface area contributed by atoms with Crippen LogP contribution in [0.15, 0.2) is 17.6 Å². The van der Waals surface area contributed by atoms with E-state index in [1.165, 1.54) is 44.9 Å². The topological polar surface area (TPSA) is 39.7 Å². The maximum absolute atomic E-state index is 4.43. The highest BCUT2D eigenvalue weighted by Gasteiger charge is 2.32. The van der Waals surface area contributed by atoms with Crippen LogP contribution >= 0.6 is 0 Å². The molecule has 1 aliphatic heterocycles. The molecular formula is C18H34N4. The van der Waals surface area contributed by atoms with Gasteiger partial charge in [-0.2, -0.15) is 0 Å². The lowest BCUT2D eigenvalue weighted by atomic mass is 9.83. The zero-order valence-corrected chi connectivity index (χ0v) is 14.5. The van der Waals surface area contributed by atoms with Crippen LogP contribution in [0.25, 0.3) is 0 Å². The molecule has 0 aromatic heterocycles. The van der Waals surface area contributed by atoms with Gasteiger partial charge >= 0.3 is 0 Å². The monoisotopic (exact) mass is 306 g/mol. The second kappa shape index (κ2) is 8.56. The number of hydrogen-bond acceptors (Lipinski definition) is 2. The quantitative estimate of drug-likeness (QED) is 0.450. The Labute approximate surface area is 136 Å². The van der Waals surface area contributed by atoms with Crippen molar-refractivity contribution in [2.45, 2.75) is 57.9 Å². The van der Waals surface area contributed by atoms with Crippen LogP contribution in [0.2, 0.25) is 0 Å². The Hall–Kier alpha value is -1.03. The Balaban J connectivity index is 1.75. The number of piperidine rings is 1. The fourth-order valence-electron chi connectivity index (χ4n) is 3.88. The van der Waals surface area contributed by atoms with Gasteiger partial charge in [-0.15, -0.1) is 6.58 Å². The molecule has 4 nitrogen and oxygen atoms in total. The van der Waals surface area contributed by atoms with Crippen molar-refractivity contribution in [3.63, 3.8) is 0 Å². The molecule has 0 spiro atoms. The summed E-state index contributed by atoms with van der Waals surface area (Å²) in [6.07, 6.45) is 11.2. The van der Waals surface area contributed by atoms with E-state index in [9.17, 15) is 0 Å². The van der Waals surface area contributed by atoms with E-state index in [1.807, 2.05) is 13.1 Å². The summed E-state index contributed by atoms with van der Waals surface area (Å²) in [6, 6.07) is 0.549. The molecule has 0 radical (unpaired) electrons. The van der Waals surface area contributed by atoms with Gasteiger partial charge in [0.2, 0.25) is 0 Å². The van der Waals surface area contributed by atoms with Crippen LogP contribution in [-0.2, 0) is 0 Å². The first-order valence-corrected chi connectivity index (χ1v) is 9.02. The Morgan fingerprint density at radius 3 is 2.55 bits per heavy atom. The van der Waals surface area contributed by atoms with Crippen LogP contribution in [0.3, 0.4) is 0 Å². The molecule has 2 rings (SSSR count). The van der Waals surface area contributed by atoms with E-state index in [-0.39, 0.29) is 0 Å². The maximum Gasteiger partial charge on any atom is 0.191 e. The van der Waals surface area contributed by atoms with Crippen molar-refractivity contribution in [3.8, 4) is 0 Å². The summed E-state index contributed by atoms with van der Waals surface area (Å²) in [5, 5.41) is 7.22. The first-order valence-electron chi connectivity index (χ1n) is 9.02. The van der Waals surface area contributed by atoms with Crippen molar-refractivity contribution < 1.29 is 0 Å².